The van der Waals surface area contributed by atoms with Crippen LogP contribution in [-0.2, 0) is 19.0 Å². The zero-order valence-corrected chi connectivity index (χ0v) is 32.0. The molecular formula is C41H41KO8. The summed E-state index contributed by atoms with van der Waals surface area (Å²) in [6.07, 6.45) is 6.61. The van der Waals surface area contributed by atoms with Gasteiger partial charge >= 0.3 is 69.3 Å². The molecule has 5 atom stereocenters. The van der Waals surface area contributed by atoms with Gasteiger partial charge in [0.25, 0.3) is 0 Å². The van der Waals surface area contributed by atoms with Gasteiger partial charge in [0, 0.05) is 11.3 Å². The SMILES string of the molecule is C=C1CCC2[C@](C)(COC(=O)c3ccccc3)[C@H](OC(=O)c3ccccc3)CC[C@@]2(C)[C@@H]1/C=C/C(=C\COC(=O)c1ccccc1)C(=O)[O-].[K+]. The van der Waals surface area contributed by atoms with Gasteiger partial charge in [-0.25, -0.2) is 14.4 Å². The number of benzene rings is 3. The molecule has 254 valence electrons. The van der Waals surface area contributed by atoms with Crippen molar-refractivity contribution in [3.63, 3.8) is 0 Å². The summed E-state index contributed by atoms with van der Waals surface area (Å²) in [7, 11) is 0. The van der Waals surface area contributed by atoms with Crippen LogP contribution in [0.4, 0.5) is 0 Å². The smallest absolute Gasteiger partial charge is 0.545 e. The molecule has 2 aliphatic rings. The minimum atomic E-state index is -1.40. The van der Waals surface area contributed by atoms with Crippen LogP contribution in [0.3, 0.4) is 0 Å². The number of hydrogen-bond acceptors (Lipinski definition) is 8. The van der Waals surface area contributed by atoms with Gasteiger partial charge in [-0.05, 0) is 85.1 Å². The van der Waals surface area contributed by atoms with Gasteiger partial charge < -0.3 is 24.1 Å². The molecule has 0 saturated heterocycles. The Hall–Kier alpha value is -3.60. The van der Waals surface area contributed by atoms with Crippen molar-refractivity contribution < 1.29 is 89.9 Å². The number of carbonyl (C=O) groups is 4. The molecule has 2 aliphatic carbocycles. The van der Waals surface area contributed by atoms with Gasteiger partial charge in [0.2, 0.25) is 0 Å². The molecule has 2 fully saturated rings. The van der Waals surface area contributed by atoms with E-state index in [4.69, 9.17) is 14.2 Å². The van der Waals surface area contributed by atoms with Crippen molar-refractivity contribution in [3.05, 3.63) is 144 Å². The van der Waals surface area contributed by atoms with Gasteiger partial charge in [-0.2, -0.15) is 0 Å². The van der Waals surface area contributed by atoms with Crippen LogP contribution in [0.15, 0.2) is 127 Å². The van der Waals surface area contributed by atoms with E-state index in [1.54, 1.807) is 78.9 Å². The molecule has 0 N–H and O–H groups in total. The molecule has 8 nitrogen and oxygen atoms in total. The molecule has 0 aromatic heterocycles. The van der Waals surface area contributed by atoms with Crippen molar-refractivity contribution >= 4 is 23.9 Å². The number of fused-ring (bicyclic) bond motifs is 1. The molecule has 0 amide bonds. The Morgan fingerprint density at radius 2 is 1.32 bits per heavy atom. The van der Waals surface area contributed by atoms with E-state index in [9.17, 15) is 24.3 Å². The standard InChI is InChI=1S/C41H42O8.K/c1-28-19-22-34-40(2,33(28)21-20-29(36(42)43)24-26-47-37(44)30-13-7-4-8-14-30)25-23-35(49-39(46)32-17-11-6-12-18-32)41(34,3)27-48-38(45)31-15-9-5-10-16-31;/h4-18,20-21,24,33-35H,1,19,22-23,25-27H2,2-3H3,(H,42,43);/q;+1/p-1/b21-20+,29-24+;/t33-,34?,35-,40+,41+;/m1./s1. The molecule has 3 aromatic rings. The van der Waals surface area contributed by atoms with E-state index < -0.39 is 40.8 Å². The summed E-state index contributed by atoms with van der Waals surface area (Å²) in [6, 6.07) is 26.0. The number of ether oxygens (including phenoxy) is 3. The van der Waals surface area contributed by atoms with Gasteiger partial charge in [0.1, 0.15) is 19.3 Å². The van der Waals surface area contributed by atoms with Gasteiger partial charge in [-0.3, -0.25) is 0 Å². The number of hydrogen-bond donors (Lipinski definition) is 0. The van der Waals surface area contributed by atoms with Gasteiger partial charge in [0.05, 0.1) is 22.7 Å². The Morgan fingerprint density at radius 3 is 1.86 bits per heavy atom. The van der Waals surface area contributed by atoms with Crippen LogP contribution in [0.2, 0.25) is 0 Å². The van der Waals surface area contributed by atoms with Crippen molar-refractivity contribution in [3.8, 4) is 0 Å². The average Bonchev–Trinajstić information content (AvgIpc) is 3.11. The van der Waals surface area contributed by atoms with Crippen LogP contribution in [0.25, 0.3) is 0 Å². The van der Waals surface area contributed by atoms with Crippen LogP contribution < -0.4 is 56.5 Å². The average molecular weight is 701 g/mol. The van der Waals surface area contributed by atoms with Crippen LogP contribution in [0.5, 0.6) is 0 Å². The molecule has 5 rings (SSSR count). The molecule has 1 unspecified atom stereocenters. The van der Waals surface area contributed by atoms with Gasteiger partial charge in [-0.15, -0.1) is 0 Å². The quantitative estimate of drug-likeness (QED) is 0.0745. The van der Waals surface area contributed by atoms with Crippen molar-refractivity contribution in [2.75, 3.05) is 13.2 Å². The van der Waals surface area contributed by atoms with Crippen molar-refractivity contribution in [1.29, 1.82) is 0 Å². The Bertz CT molecular complexity index is 1740. The molecular weight excluding hydrogens is 660 g/mol. The topological polar surface area (TPSA) is 119 Å². The number of carboxylic acid groups (broad SMARTS) is 1. The largest absolute Gasteiger partial charge is 1.00 e. The number of rotatable bonds is 11. The monoisotopic (exact) mass is 700 g/mol. The first-order chi connectivity index (χ1) is 23.5. The maximum atomic E-state index is 13.3. The van der Waals surface area contributed by atoms with Gasteiger partial charge in [0.15, 0.2) is 0 Å². The second-order valence-corrected chi connectivity index (χ2v) is 13.3. The molecule has 0 spiro atoms. The van der Waals surface area contributed by atoms with Gasteiger partial charge in [-0.1, -0.05) is 92.7 Å². The summed E-state index contributed by atoms with van der Waals surface area (Å²) < 4.78 is 17.4. The van der Waals surface area contributed by atoms with E-state index in [1.165, 1.54) is 12.2 Å². The fraction of sp³-hybridized carbons (Fsp3) is 0.317. The number of carboxylic acids is 1. The molecule has 2 saturated carbocycles. The molecule has 0 heterocycles. The predicted octanol–water partition coefficient (Wildman–Crippen LogP) is 3.55. The summed E-state index contributed by atoms with van der Waals surface area (Å²) in [5.74, 6) is -3.20. The first-order valence-corrected chi connectivity index (χ1v) is 16.5. The fourth-order valence-electron chi connectivity index (χ4n) is 7.58. The van der Waals surface area contributed by atoms with Crippen molar-refractivity contribution in [1.82, 2.24) is 0 Å². The Balaban J connectivity index is 0.00000562. The third-order valence-corrected chi connectivity index (χ3v) is 10.2. The molecule has 9 heteroatoms. The zero-order valence-electron chi connectivity index (χ0n) is 28.8. The maximum Gasteiger partial charge on any atom is 1.00 e. The van der Waals surface area contributed by atoms with Crippen molar-refractivity contribution in [2.24, 2.45) is 22.7 Å². The Morgan fingerprint density at radius 1 is 0.800 bits per heavy atom. The third kappa shape index (κ3) is 9.00. The fourth-order valence-corrected chi connectivity index (χ4v) is 7.58. The van der Waals surface area contributed by atoms with Crippen LogP contribution in [0, 0.1) is 22.7 Å². The van der Waals surface area contributed by atoms with Crippen LogP contribution in [0.1, 0.15) is 70.6 Å². The zero-order chi connectivity index (χ0) is 35.0. The molecule has 0 aliphatic heterocycles. The van der Waals surface area contributed by atoms with E-state index in [2.05, 4.69) is 13.5 Å². The maximum absolute atomic E-state index is 13.3. The minimum absolute atomic E-state index is 0. The number of allylic oxidation sites excluding steroid dienone is 2. The van der Waals surface area contributed by atoms with Crippen LogP contribution in [-0.4, -0.2) is 43.2 Å². The first kappa shape index (κ1) is 39.2. The molecule has 50 heavy (non-hydrogen) atoms. The normalized spacial score (nSPS) is 24.7. The Kier molecular flexibility index (Phi) is 13.8. The van der Waals surface area contributed by atoms with E-state index in [-0.39, 0.29) is 82.0 Å². The van der Waals surface area contributed by atoms with E-state index in [0.29, 0.717) is 36.0 Å². The second kappa shape index (κ2) is 17.6. The van der Waals surface area contributed by atoms with E-state index >= 15 is 0 Å². The first-order valence-electron chi connectivity index (χ1n) is 16.5. The summed E-state index contributed by atoms with van der Waals surface area (Å²) in [5.41, 5.74) is 0.849. The minimum Gasteiger partial charge on any atom is -0.545 e. The molecule has 0 bridgehead atoms. The summed E-state index contributed by atoms with van der Waals surface area (Å²) >= 11 is 0. The summed E-state index contributed by atoms with van der Waals surface area (Å²) in [6.45, 7) is 8.31. The number of carbonyl (C=O) groups excluding carboxylic acids is 4. The van der Waals surface area contributed by atoms with E-state index in [0.717, 1.165) is 12.0 Å². The van der Waals surface area contributed by atoms with Crippen LogP contribution >= 0.6 is 0 Å². The Labute approximate surface area is 336 Å². The second-order valence-electron chi connectivity index (χ2n) is 13.3. The number of aliphatic carboxylic acids is 1. The summed E-state index contributed by atoms with van der Waals surface area (Å²) in [4.78, 5) is 50.9. The van der Waals surface area contributed by atoms with E-state index in [1.807, 2.05) is 25.1 Å². The number of esters is 3. The molecule has 0 radical (unpaired) electrons. The molecule has 3 aromatic carbocycles. The predicted molar refractivity (Wildman–Crippen MR) is 182 cm³/mol. The third-order valence-electron chi connectivity index (χ3n) is 10.2. The van der Waals surface area contributed by atoms with Crippen molar-refractivity contribution in [2.45, 2.75) is 45.6 Å². The summed E-state index contributed by atoms with van der Waals surface area (Å²) in [5, 5.41) is 12.1.